The molecule has 4 heteroatoms. The number of carbonyl (C=O) groups excluding carboxylic acids is 2. The molecule has 1 fully saturated rings. The minimum Gasteiger partial charge on any atom is -0.370 e. The molecule has 2 unspecified atom stereocenters. The minimum absolute atomic E-state index is 0.123. The third kappa shape index (κ3) is 4.51. The highest BCUT2D eigenvalue weighted by Crippen LogP contribution is 2.48. The molecule has 0 aromatic rings. The van der Waals surface area contributed by atoms with Crippen LogP contribution in [0.2, 0.25) is 0 Å². The van der Waals surface area contributed by atoms with Crippen molar-refractivity contribution in [3.63, 3.8) is 0 Å². The van der Waals surface area contributed by atoms with Gasteiger partial charge in [0.2, 0.25) is 11.8 Å². The first-order chi connectivity index (χ1) is 8.67. The summed E-state index contributed by atoms with van der Waals surface area (Å²) in [5.41, 5.74) is 10.5. The van der Waals surface area contributed by atoms with Gasteiger partial charge in [-0.2, -0.15) is 0 Å². The van der Waals surface area contributed by atoms with Gasteiger partial charge in [-0.25, -0.2) is 0 Å². The van der Waals surface area contributed by atoms with E-state index in [1.165, 1.54) is 0 Å². The summed E-state index contributed by atoms with van der Waals surface area (Å²) in [6.07, 6.45) is 5.49. The SMILES string of the molecule is CC1CCC(CCCC(N)=O)(C(N)=O)CC(C)(C)C1. The molecule has 0 spiro atoms. The summed E-state index contributed by atoms with van der Waals surface area (Å²) < 4.78 is 0. The minimum atomic E-state index is -0.455. The van der Waals surface area contributed by atoms with Crippen molar-refractivity contribution in [2.45, 2.75) is 65.7 Å². The molecule has 2 atom stereocenters. The molecule has 0 aromatic heterocycles. The summed E-state index contributed by atoms with van der Waals surface area (Å²) in [5.74, 6) is 0.104. The molecule has 110 valence electrons. The fourth-order valence-electron chi connectivity index (χ4n) is 3.79. The van der Waals surface area contributed by atoms with Crippen LogP contribution in [0.25, 0.3) is 0 Å². The summed E-state index contributed by atoms with van der Waals surface area (Å²) in [5, 5.41) is 0. The maximum Gasteiger partial charge on any atom is 0.223 e. The molecule has 1 aliphatic rings. The molecule has 4 nitrogen and oxygen atoms in total. The molecule has 1 rings (SSSR count). The second-order valence-corrected chi connectivity index (χ2v) is 7.15. The average Bonchev–Trinajstić information content (AvgIpc) is 2.34. The lowest BCUT2D eigenvalue weighted by Crippen LogP contribution is -2.40. The second kappa shape index (κ2) is 5.93. The van der Waals surface area contributed by atoms with Crippen LogP contribution >= 0.6 is 0 Å². The van der Waals surface area contributed by atoms with Gasteiger partial charge in [-0.15, -0.1) is 0 Å². The smallest absolute Gasteiger partial charge is 0.223 e. The topological polar surface area (TPSA) is 86.2 Å². The van der Waals surface area contributed by atoms with Crippen molar-refractivity contribution in [1.29, 1.82) is 0 Å². The first-order valence-corrected chi connectivity index (χ1v) is 7.25. The van der Waals surface area contributed by atoms with Crippen LogP contribution in [0.4, 0.5) is 0 Å². The average molecular weight is 268 g/mol. The zero-order valence-corrected chi connectivity index (χ0v) is 12.5. The fourth-order valence-corrected chi connectivity index (χ4v) is 3.79. The molecule has 2 amide bonds. The number of primary amides is 2. The van der Waals surface area contributed by atoms with Gasteiger partial charge in [-0.1, -0.05) is 20.8 Å². The summed E-state index contributed by atoms with van der Waals surface area (Å²) in [6.45, 7) is 6.66. The predicted molar refractivity (Wildman–Crippen MR) is 76.1 cm³/mol. The van der Waals surface area contributed by atoms with Gasteiger partial charge in [-0.05, 0) is 49.9 Å². The van der Waals surface area contributed by atoms with E-state index in [2.05, 4.69) is 20.8 Å². The van der Waals surface area contributed by atoms with E-state index in [0.717, 1.165) is 25.7 Å². The Bertz CT molecular complexity index is 352. The molecule has 4 N–H and O–H groups in total. The highest BCUT2D eigenvalue weighted by Gasteiger charge is 2.43. The normalized spacial score (nSPS) is 30.6. The summed E-state index contributed by atoms with van der Waals surface area (Å²) in [6, 6.07) is 0. The van der Waals surface area contributed by atoms with Gasteiger partial charge in [0.1, 0.15) is 0 Å². The van der Waals surface area contributed by atoms with Crippen molar-refractivity contribution in [2.24, 2.45) is 28.2 Å². The van der Waals surface area contributed by atoms with Crippen molar-refractivity contribution >= 4 is 11.8 Å². The van der Waals surface area contributed by atoms with Crippen LogP contribution in [0, 0.1) is 16.7 Å². The Morgan fingerprint density at radius 2 is 1.89 bits per heavy atom. The quantitative estimate of drug-likeness (QED) is 0.750. The number of nitrogens with two attached hydrogens (primary N) is 2. The van der Waals surface area contributed by atoms with Gasteiger partial charge < -0.3 is 11.5 Å². The molecule has 0 bridgehead atoms. The Morgan fingerprint density at radius 1 is 1.26 bits per heavy atom. The lowest BCUT2D eigenvalue weighted by Gasteiger charge is -2.35. The van der Waals surface area contributed by atoms with Crippen LogP contribution in [0.5, 0.6) is 0 Å². The third-order valence-corrected chi connectivity index (χ3v) is 4.43. The number of hydrogen-bond acceptors (Lipinski definition) is 2. The van der Waals surface area contributed by atoms with E-state index in [4.69, 9.17) is 11.5 Å². The summed E-state index contributed by atoms with van der Waals surface area (Å²) in [7, 11) is 0. The maximum atomic E-state index is 12.0. The second-order valence-electron chi connectivity index (χ2n) is 7.15. The Labute approximate surface area is 116 Å². The molecular formula is C15H28N2O2. The molecule has 1 aliphatic carbocycles. The molecule has 0 aromatic carbocycles. The Kier molecular flexibility index (Phi) is 4.99. The molecule has 0 heterocycles. The maximum absolute atomic E-state index is 12.0. The van der Waals surface area contributed by atoms with Gasteiger partial charge in [0, 0.05) is 11.8 Å². The van der Waals surface area contributed by atoms with E-state index in [0.29, 0.717) is 25.2 Å². The Hall–Kier alpha value is -1.06. The highest BCUT2D eigenvalue weighted by atomic mass is 16.1. The number of amides is 2. The Balaban J connectivity index is 2.84. The van der Waals surface area contributed by atoms with Crippen molar-refractivity contribution in [2.75, 3.05) is 0 Å². The standard InChI is InChI=1S/C15H28N2O2/c1-11-6-8-15(13(17)19,7-4-5-12(16)18)10-14(2,3)9-11/h11H,4-10H2,1-3H3,(H2,16,18)(H2,17,19). The van der Waals surface area contributed by atoms with Gasteiger partial charge in [0.05, 0.1) is 0 Å². The molecule has 19 heavy (non-hydrogen) atoms. The third-order valence-electron chi connectivity index (χ3n) is 4.43. The zero-order chi connectivity index (χ0) is 14.7. The van der Waals surface area contributed by atoms with Crippen molar-refractivity contribution < 1.29 is 9.59 Å². The van der Waals surface area contributed by atoms with Crippen LogP contribution in [-0.4, -0.2) is 11.8 Å². The Morgan fingerprint density at radius 3 is 2.42 bits per heavy atom. The van der Waals surface area contributed by atoms with Gasteiger partial charge in [0.25, 0.3) is 0 Å². The van der Waals surface area contributed by atoms with Crippen LogP contribution in [0.15, 0.2) is 0 Å². The molecule has 0 saturated heterocycles. The molecular weight excluding hydrogens is 240 g/mol. The first-order valence-electron chi connectivity index (χ1n) is 7.25. The summed E-state index contributed by atoms with van der Waals surface area (Å²) >= 11 is 0. The fraction of sp³-hybridized carbons (Fsp3) is 0.867. The van der Waals surface area contributed by atoms with E-state index in [-0.39, 0.29) is 17.2 Å². The predicted octanol–water partition coefficient (Wildman–Crippen LogP) is 2.35. The van der Waals surface area contributed by atoms with Crippen molar-refractivity contribution in [3.8, 4) is 0 Å². The van der Waals surface area contributed by atoms with E-state index in [1.807, 2.05) is 0 Å². The first kappa shape index (κ1) is 16.0. The van der Waals surface area contributed by atoms with Gasteiger partial charge >= 0.3 is 0 Å². The lowest BCUT2D eigenvalue weighted by atomic mass is 9.68. The van der Waals surface area contributed by atoms with Crippen LogP contribution in [-0.2, 0) is 9.59 Å². The monoisotopic (exact) mass is 268 g/mol. The van der Waals surface area contributed by atoms with E-state index >= 15 is 0 Å². The van der Waals surface area contributed by atoms with Crippen LogP contribution in [0.1, 0.15) is 65.7 Å². The van der Waals surface area contributed by atoms with Gasteiger partial charge in [0.15, 0.2) is 0 Å². The zero-order valence-electron chi connectivity index (χ0n) is 12.5. The molecule has 0 aliphatic heterocycles. The van der Waals surface area contributed by atoms with E-state index < -0.39 is 5.41 Å². The van der Waals surface area contributed by atoms with Crippen LogP contribution in [0.3, 0.4) is 0 Å². The number of rotatable bonds is 5. The molecule has 1 saturated carbocycles. The van der Waals surface area contributed by atoms with Crippen molar-refractivity contribution in [1.82, 2.24) is 0 Å². The number of hydrogen-bond donors (Lipinski definition) is 2. The molecule has 0 radical (unpaired) electrons. The van der Waals surface area contributed by atoms with Gasteiger partial charge in [-0.3, -0.25) is 9.59 Å². The lowest BCUT2D eigenvalue weighted by molar-refractivity contribution is -0.130. The number of carbonyl (C=O) groups is 2. The largest absolute Gasteiger partial charge is 0.370 e. The van der Waals surface area contributed by atoms with Crippen LogP contribution < -0.4 is 11.5 Å². The highest BCUT2D eigenvalue weighted by molar-refractivity contribution is 5.81. The van der Waals surface area contributed by atoms with Crippen molar-refractivity contribution in [3.05, 3.63) is 0 Å². The van der Waals surface area contributed by atoms with E-state index in [9.17, 15) is 9.59 Å². The van der Waals surface area contributed by atoms with E-state index in [1.54, 1.807) is 0 Å². The summed E-state index contributed by atoms with van der Waals surface area (Å²) in [4.78, 5) is 22.9.